The van der Waals surface area contributed by atoms with Crippen LogP contribution in [-0.4, -0.2) is 24.0 Å². The van der Waals surface area contributed by atoms with E-state index < -0.39 is 16.9 Å². The number of amides is 1. The molecule has 132 valence electrons. The minimum absolute atomic E-state index is 0.148. The van der Waals surface area contributed by atoms with E-state index in [4.69, 9.17) is 32.7 Å². The Morgan fingerprint density at radius 3 is 2.56 bits per heavy atom. The van der Waals surface area contributed by atoms with E-state index in [-0.39, 0.29) is 22.9 Å². The maximum atomic E-state index is 12.3. The average molecular weight is 385 g/mol. The summed E-state index contributed by atoms with van der Waals surface area (Å²) in [4.78, 5) is 22.5. The molecule has 1 amide bonds. The van der Waals surface area contributed by atoms with Crippen molar-refractivity contribution < 1.29 is 19.2 Å². The van der Waals surface area contributed by atoms with Crippen molar-refractivity contribution in [3.8, 4) is 11.5 Å². The summed E-state index contributed by atoms with van der Waals surface area (Å²) < 4.78 is 10.6. The van der Waals surface area contributed by atoms with Crippen molar-refractivity contribution in [2.45, 2.75) is 13.0 Å². The van der Waals surface area contributed by atoms with Gasteiger partial charge in [0.25, 0.3) is 11.6 Å². The fourth-order valence-corrected chi connectivity index (χ4v) is 2.27. The molecule has 25 heavy (non-hydrogen) atoms. The summed E-state index contributed by atoms with van der Waals surface area (Å²) in [5, 5.41) is 14.1. The number of carbonyl (C=O) groups excluding carboxylic acids is 1. The van der Waals surface area contributed by atoms with Crippen LogP contribution in [0.4, 0.5) is 11.4 Å². The molecule has 9 heteroatoms. The molecule has 2 rings (SSSR count). The number of halogens is 2. The van der Waals surface area contributed by atoms with Crippen LogP contribution < -0.4 is 14.8 Å². The summed E-state index contributed by atoms with van der Waals surface area (Å²) in [6, 6.07) is 8.52. The monoisotopic (exact) mass is 384 g/mol. The number of hydrogen-bond acceptors (Lipinski definition) is 5. The van der Waals surface area contributed by atoms with Gasteiger partial charge in [-0.2, -0.15) is 0 Å². The van der Waals surface area contributed by atoms with Gasteiger partial charge in [-0.05, 0) is 25.1 Å². The molecule has 0 radical (unpaired) electrons. The minimum Gasteiger partial charge on any atom is -0.494 e. The summed E-state index contributed by atoms with van der Waals surface area (Å²) in [6.45, 7) is 1.53. The van der Waals surface area contributed by atoms with Crippen LogP contribution >= 0.6 is 23.2 Å². The number of non-ortho nitro benzene ring substituents is 1. The molecular weight excluding hydrogens is 371 g/mol. The fourth-order valence-electron chi connectivity index (χ4n) is 1.94. The average Bonchev–Trinajstić information content (AvgIpc) is 2.58. The highest BCUT2D eigenvalue weighted by atomic mass is 35.5. The lowest BCUT2D eigenvalue weighted by Gasteiger charge is -2.17. The number of methoxy groups -OCH3 is 1. The highest BCUT2D eigenvalue weighted by Gasteiger charge is 2.19. The molecule has 0 aliphatic heterocycles. The number of anilines is 1. The molecule has 0 aliphatic carbocycles. The Balaban J connectivity index is 2.13. The van der Waals surface area contributed by atoms with Gasteiger partial charge in [-0.25, -0.2) is 0 Å². The first kappa shape index (κ1) is 18.8. The summed E-state index contributed by atoms with van der Waals surface area (Å²) in [5.74, 6) is -0.0498. The van der Waals surface area contributed by atoms with E-state index in [9.17, 15) is 14.9 Å². The van der Waals surface area contributed by atoms with Crippen LogP contribution in [0.25, 0.3) is 0 Å². The number of carbonyl (C=O) groups is 1. The molecule has 0 saturated carbocycles. The number of ether oxygens (including phenoxy) is 2. The van der Waals surface area contributed by atoms with Crippen LogP contribution in [0, 0.1) is 10.1 Å². The highest BCUT2D eigenvalue weighted by molar-refractivity contribution is 6.34. The first-order valence-electron chi connectivity index (χ1n) is 7.07. The zero-order valence-electron chi connectivity index (χ0n) is 13.3. The minimum atomic E-state index is -0.893. The molecule has 0 bridgehead atoms. The van der Waals surface area contributed by atoms with Gasteiger partial charge >= 0.3 is 0 Å². The second-order valence-electron chi connectivity index (χ2n) is 4.97. The van der Waals surface area contributed by atoms with Crippen molar-refractivity contribution in [1.29, 1.82) is 0 Å². The Morgan fingerprint density at radius 2 is 1.92 bits per heavy atom. The molecule has 2 aromatic carbocycles. The van der Waals surface area contributed by atoms with Crippen LogP contribution in [0.1, 0.15) is 6.92 Å². The molecule has 1 N–H and O–H groups in total. The molecule has 0 unspecified atom stereocenters. The molecule has 0 saturated heterocycles. The Kier molecular flexibility index (Phi) is 6.06. The lowest BCUT2D eigenvalue weighted by atomic mass is 10.2. The van der Waals surface area contributed by atoms with E-state index in [2.05, 4.69) is 5.32 Å². The quantitative estimate of drug-likeness (QED) is 0.591. The third kappa shape index (κ3) is 4.74. The van der Waals surface area contributed by atoms with Crippen molar-refractivity contribution in [3.05, 3.63) is 56.6 Å². The first-order valence-corrected chi connectivity index (χ1v) is 7.82. The maximum absolute atomic E-state index is 12.3. The lowest BCUT2D eigenvalue weighted by molar-refractivity contribution is -0.384. The van der Waals surface area contributed by atoms with Gasteiger partial charge in [0, 0.05) is 17.2 Å². The van der Waals surface area contributed by atoms with Gasteiger partial charge in [0.05, 0.1) is 28.8 Å². The van der Waals surface area contributed by atoms with Crippen LogP contribution in [0.2, 0.25) is 10.0 Å². The highest BCUT2D eigenvalue weighted by Crippen LogP contribution is 2.30. The Bertz CT molecular complexity index is 813. The number of rotatable bonds is 6. The second-order valence-corrected chi connectivity index (χ2v) is 5.81. The zero-order chi connectivity index (χ0) is 18.6. The predicted molar refractivity (Wildman–Crippen MR) is 94.8 cm³/mol. The van der Waals surface area contributed by atoms with Crippen molar-refractivity contribution in [2.75, 3.05) is 12.4 Å². The van der Waals surface area contributed by atoms with Gasteiger partial charge < -0.3 is 14.8 Å². The first-order chi connectivity index (χ1) is 11.8. The molecule has 0 aliphatic rings. The summed E-state index contributed by atoms with van der Waals surface area (Å²) >= 11 is 11.9. The molecular formula is C16H14Cl2N2O5. The summed E-state index contributed by atoms with van der Waals surface area (Å²) in [5.41, 5.74) is 0.135. The standard InChI is InChI=1S/C16H14Cl2N2O5/c1-9(25-14-7-10(17)3-5-12(14)18)16(21)19-13-6-4-11(20(22)23)8-15(13)24-2/h3-9H,1-2H3,(H,19,21)/t9-/m0/s1. The van der Waals surface area contributed by atoms with E-state index in [0.717, 1.165) is 0 Å². The van der Waals surface area contributed by atoms with Crippen LogP contribution in [0.15, 0.2) is 36.4 Å². The molecule has 0 aromatic heterocycles. The van der Waals surface area contributed by atoms with Gasteiger partial charge in [0.15, 0.2) is 6.10 Å². The molecule has 0 heterocycles. The third-order valence-electron chi connectivity index (χ3n) is 3.22. The topological polar surface area (TPSA) is 90.7 Å². The van der Waals surface area contributed by atoms with Gasteiger partial charge in [0.2, 0.25) is 0 Å². The summed E-state index contributed by atoms with van der Waals surface area (Å²) in [6.07, 6.45) is -0.893. The second kappa shape index (κ2) is 8.04. The van der Waals surface area contributed by atoms with E-state index in [1.807, 2.05) is 0 Å². The van der Waals surface area contributed by atoms with Gasteiger partial charge in [-0.3, -0.25) is 14.9 Å². The number of benzene rings is 2. The smallest absolute Gasteiger partial charge is 0.273 e. The Labute approximate surface area is 153 Å². The maximum Gasteiger partial charge on any atom is 0.273 e. The largest absolute Gasteiger partial charge is 0.494 e. The SMILES string of the molecule is COc1cc([N+](=O)[O-])ccc1NC(=O)[C@H](C)Oc1cc(Cl)ccc1Cl. The molecule has 1 atom stereocenters. The van der Waals surface area contributed by atoms with Gasteiger partial charge in [0.1, 0.15) is 11.5 Å². The van der Waals surface area contributed by atoms with Crippen LogP contribution in [0.5, 0.6) is 11.5 Å². The zero-order valence-corrected chi connectivity index (χ0v) is 14.8. The number of nitro benzene ring substituents is 1. The molecule has 0 spiro atoms. The van der Waals surface area contributed by atoms with E-state index >= 15 is 0 Å². The summed E-state index contributed by atoms with van der Waals surface area (Å²) in [7, 11) is 1.35. The number of nitrogens with one attached hydrogen (secondary N) is 1. The van der Waals surface area contributed by atoms with Crippen LogP contribution in [-0.2, 0) is 4.79 Å². The Hall–Kier alpha value is -2.51. The van der Waals surface area contributed by atoms with Crippen molar-refractivity contribution in [2.24, 2.45) is 0 Å². The molecule has 2 aromatic rings. The molecule has 7 nitrogen and oxygen atoms in total. The van der Waals surface area contributed by atoms with Crippen LogP contribution in [0.3, 0.4) is 0 Å². The van der Waals surface area contributed by atoms with E-state index in [0.29, 0.717) is 10.0 Å². The van der Waals surface area contributed by atoms with Crippen molar-refractivity contribution in [1.82, 2.24) is 0 Å². The normalized spacial score (nSPS) is 11.5. The fraction of sp³-hybridized carbons (Fsp3) is 0.188. The van der Waals surface area contributed by atoms with Crippen molar-refractivity contribution in [3.63, 3.8) is 0 Å². The number of nitrogens with zero attached hydrogens (tertiary/aromatic N) is 1. The van der Waals surface area contributed by atoms with E-state index in [1.54, 1.807) is 12.1 Å². The van der Waals surface area contributed by atoms with Gasteiger partial charge in [-0.15, -0.1) is 0 Å². The predicted octanol–water partition coefficient (Wildman–Crippen LogP) is 4.32. The lowest BCUT2D eigenvalue weighted by Crippen LogP contribution is -2.30. The molecule has 0 fully saturated rings. The number of hydrogen-bond donors (Lipinski definition) is 1. The van der Waals surface area contributed by atoms with E-state index in [1.165, 1.54) is 38.3 Å². The van der Waals surface area contributed by atoms with Gasteiger partial charge in [-0.1, -0.05) is 23.2 Å². The Morgan fingerprint density at radius 1 is 1.20 bits per heavy atom. The number of nitro groups is 1. The third-order valence-corrected chi connectivity index (χ3v) is 3.77. The van der Waals surface area contributed by atoms with Crippen molar-refractivity contribution >= 4 is 40.5 Å².